The first kappa shape index (κ1) is 24.3. The second-order valence-electron chi connectivity index (χ2n) is 7.40. The maximum Gasteiger partial charge on any atom is 0.335 e. The zero-order valence-electron chi connectivity index (χ0n) is 18.8. The van der Waals surface area contributed by atoms with E-state index >= 15 is 0 Å². The van der Waals surface area contributed by atoms with Crippen molar-refractivity contribution in [2.45, 2.75) is 20.0 Å². The Labute approximate surface area is 198 Å². The molecular formula is C28H24FNO4. The van der Waals surface area contributed by atoms with Crippen LogP contribution in [0.3, 0.4) is 0 Å². The van der Waals surface area contributed by atoms with Gasteiger partial charge in [-0.1, -0.05) is 30.3 Å². The Morgan fingerprint density at radius 3 is 2.35 bits per heavy atom. The lowest BCUT2D eigenvalue weighted by Gasteiger charge is -2.17. The van der Waals surface area contributed by atoms with Gasteiger partial charge >= 0.3 is 5.97 Å². The highest BCUT2D eigenvalue weighted by molar-refractivity contribution is 5.92. The molecule has 5 nitrogen and oxygen atoms in total. The van der Waals surface area contributed by atoms with E-state index in [9.17, 15) is 14.4 Å². The van der Waals surface area contributed by atoms with Crippen molar-refractivity contribution in [3.8, 4) is 17.6 Å². The van der Waals surface area contributed by atoms with Gasteiger partial charge in [-0.25, -0.2) is 9.18 Å². The van der Waals surface area contributed by atoms with Gasteiger partial charge in [-0.05, 0) is 72.5 Å². The lowest BCUT2D eigenvalue weighted by Crippen LogP contribution is -2.03. The summed E-state index contributed by atoms with van der Waals surface area (Å²) in [6, 6.07) is 18.1. The van der Waals surface area contributed by atoms with Crippen LogP contribution in [0.4, 0.5) is 4.39 Å². The lowest BCUT2D eigenvalue weighted by atomic mass is 10.00. The Hall–Kier alpha value is -4.37. The van der Waals surface area contributed by atoms with Gasteiger partial charge in [-0.3, -0.25) is 0 Å². The summed E-state index contributed by atoms with van der Waals surface area (Å²) in [5, 5.41) is 18.8. The van der Waals surface area contributed by atoms with Gasteiger partial charge in [0.25, 0.3) is 0 Å². The summed E-state index contributed by atoms with van der Waals surface area (Å²) >= 11 is 0. The van der Waals surface area contributed by atoms with Crippen molar-refractivity contribution in [1.29, 1.82) is 5.26 Å². The fourth-order valence-electron chi connectivity index (χ4n) is 3.38. The van der Waals surface area contributed by atoms with Gasteiger partial charge < -0.3 is 14.6 Å². The molecule has 0 saturated carbocycles. The molecule has 0 fully saturated rings. The molecule has 0 radical (unpaired) electrons. The van der Waals surface area contributed by atoms with E-state index in [1.165, 1.54) is 24.3 Å². The third kappa shape index (κ3) is 6.11. The summed E-state index contributed by atoms with van der Waals surface area (Å²) in [6.45, 7) is 6.34. The Bertz CT molecular complexity index is 1240. The number of carboxylic acid groups (broad SMARTS) is 1. The average Bonchev–Trinajstić information content (AvgIpc) is 2.83. The second kappa shape index (κ2) is 11.5. The van der Waals surface area contributed by atoms with Crippen molar-refractivity contribution in [1.82, 2.24) is 0 Å². The molecule has 0 aliphatic carbocycles. The molecule has 0 heterocycles. The van der Waals surface area contributed by atoms with Crippen LogP contribution in [-0.4, -0.2) is 17.7 Å². The number of hydrogen-bond acceptors (Lipinski definition) is 4. The van der Waals surface area contributed by atoms with Gasteiger partial charge in [0.2, 0.25) is 0 Å². The predicted octanol–water partition coefficient (Wildman–Crippen LogP) is 6.29. The Morgan fingerprint density at radius 2 is 1.76 bits per heavy atom. The lowest BCUT2D eigenvalue weighted by molar-refractivity contribution is 0.0697. The molecule has 0 aliphatic heterocycles. The quantitative estimate of drug-likeness (QED) is 0.220. The summed E-state index contributed by atoms with van der Waals surface area (Å²) in [4.78, 5) is 11.1. The standard InChI is InChI=1S/C28H24FNO4/c1-3-5-23-14-20(15-24(17-30)21-8-10-22(11-9-21)28(31)32)16-26(33-4-2)27(23)34-18-19-6-12-25(29)13-7-19/h3,6-16H,1,4-5,18H2,2H3,(H,31,32)/b24-15-. The minimum absolute atomic E-state index is 0.149. The zero-order valence-corrected chi connectivity index (χ0v) is 18.8. The van der Waals surface area contributed by atoms with Gasteiger partial charge in [-0.15, -0.1) is 6.58 Å². The molecule has 0 aromatic heterocycles. The van der Waals surface area contributed by atoms with Crippen LogP contribution < -0.4 is 9.47 Å². The highest BCUT2D eigenvalue weighted by Crippen LogP contribution is 2.36. The predicted molar refractivity (Wildman–Crippen MR) is 129 cm³/mol. The number of carboxylic acids is 1. The second-order valence-corrected chi connectivity index (χ2v) is 7.40. The number of benzene rings is 3. The summed E-state index contributed by atoms with van der Waals surface area (Å²) in [7, 11) is 0. The number of nitrogens with zero attached hydrogens (tertiary/aromatic N) is 1. The molecule has 0 spiro atoms. The van der Waals surface area contributed by atoms with Gasteiger partial charge in [0.15, 0.2) is 11.5 Å². The maximum absolute atomic E-state index is 13.2. The number of rotatable bonds is 10. The summed E-state index contributed by atoms with van der Waals surface area (Å²) < 4.78 is 25.1. The van der Waals surface area contributed by atoms with Crippen LogP contribution in [0.2, 0.25) is 0 Å². The van der Waals surface area contributed by atoms with E-state index in [0.717, 1.165) is 16.7 Å². The first-order valence-corrected chi connectivity index (χ1v) is 10.7. The van der Waals surface area contributed by atoms with Crippen molar-refractivity contribution < 1.29 is 23.8 Å². The number of allylic oxidation sites excluding steroid dienone is 2. The van der Waals surface area contributed by atoms with E-state index in [0.29, 0.717) is 35.7 Å². The van der Waals surface area contributed by atoms with Crippen LogP contribution >= 0.6 is 0 Å². The van der Waals surface area contributed by atoms with Crippen LogP contribution in [0.1, 0.15) is 39.5 Å². The van der Waals surface area contributed by atoms with E-state index in [4.69, 9.17) is 14.6 Å². The number of aromatic carboxylic acids is 1. The van der Waals surface area contributed by atoms with E-state index in [1.807, 2.05) is 13.0 Å². The monoisotopic (exact) mass is 457 g/mol. The SMILES string of the molecule is C=CCc1cc(/C=C(/C#N)c2ccc(C(=O)O)cc2)cc(OCC)c1OCc1ccc(F)cc1. The van der Waals surface area contributed by atoms with Crippen molar-refractivity contribution in [3.63, 3.8) is 0 Å². The van der Waals surface area contributed by atoms with E-state index in [-0.39, 0.29) is 18.0 Å². The minimum Gasteiger partial charge on any atom is -0.490 e. The van der Waals surface area contributed by atoms with Gasteiger partial charge in [0, 0.05) is 5.56 Å². The highest BCUT2D eigenvalue weighted by atomic mass is 19.1. The molecule has 0 amide bonds. The van der Waals surface area contributed by atoms with Crippen molar-refractivity contribution in [2.75, 3.05) is 6.61 Å². The molecule has 0 bridgehead atoms. The fraction of sp³-hybridized carbons (Fsp3) is 0.143. The zero-order chi connectivity index (χ0) is 24.5. The van der Waals surface area contributed by atoms with Crippen molar-refractivity contribution >= 4 is 17.6 Å². The molecule has 0 aliphatic rings. The smallest absolute Gasteiger partial charge is 0.335 e. The van der Waals surface area contributed by atoms with E-state index < -0.39 is 5.97 Å². The minimum atomic E-state index is -1.03. The molecular weight excluding hydrogens is 433 g/mol. The van der Waals surface area contributed by atoms with Gasteiger partial charge in [0.05, 0.1) is 23.8 Å². The summed E-state index contributed by atoms with van der Waals surface area (Å²) in [6.07, 6.45) is 3.98. The summed E-state index contributed by atoms with van der Waals surface area (Å²) in [5.41, 5.74) is 3.50. The third-order valence-corrected chi connectivity index (χ3v) is 4.99. The Morgan fingerprint density at radius 1 is 1.09 bits per heavy atom. The average molecular weight is 458 g/mol. The van der Waals surface area contributed by atoms with Gasteiger partial charge in [-0.2, -0.15) is 5.26 Å². The number of nitriles is 1. The molecule has 0 saturated heterocycles. The van der Waals surface area contributed by atoms with Crippen molar-refractivity contribution in [2.24, 2.45) is 0 Å². The fourth-order valence-corrected chi connectivity index (χ4v) is 3.38. The number of carbonyl (C=O) groups is 1. The molecule has 3 aromatic rings. The van der Waals surface area contributed by atoms with Crippen LogP contribution in [0.25, 0.3) is 11.6 Å². The number of ether oxygens (including phenoxy) is 2. The number of halogens is 1. The Balaban J connectivity index is 1.98. The highest BCUT2D eigenvalue weighted by Gasteiger charge is 2.14. The molecule has 34 heavy (non-hydrogen) atoms. The molecule has 1 N–H and O–H groups in total. The van der Waals surface area contributed by atoms with Crippen LogP contribution in [-0.2, 0) is 13.0 Å². The third-order valence-electron chi connectivity index (χ3n) is 4.99. The Kier molecular flexibility index (Phi) is 8.20. The van der Waals surface area contributed by atoms with Gasteiger partial charge in [0.1, 0.15) is 12.4 Å². The first-order valence-electron chi connectivity index (χ1n) is 10.7. The molecule has 0 atom stereocenters. The summed E-state index contributed by atoms with van der Waals surface area (Å²) in [5.74, 6) is -0.255. The molecule has 6 heteroatoms. The topological polar surface area (TPSA) is 79.6 Å². The molecule has 3 rings (SSSR count). The first-order chi connectivity index (χ1) is 16.4. The van der Waals surface area contributed by atoms with Crippen LogP contribution in [0, 0.1) is 17.1 Å². The van der Waals surface area contributed by atoms with Crippen LogP contribution in [0.5, 0.6) is 11.5 Å². The molecule has 172 valence electrons. The van der Waals surface area contributed by atoms with E-state index in [2.05, 4.69) is 12.6 Å². The number of hydrogen-bond donors (Lipinski definition) is 1. The van der Waals surface area contributed by atoms with E-state index in [1.54, 1.807) is 42.5 Å². The van der Waals surface area contributed by atoms with Crippen molar-refractivity contribution in [3.05, 3.63) is 107 Å². The normalized spacial score (nSPS) is 10.9. The largest absolute Gasteiger partial charge is 0.490 e. The van der Waals surface area contributed by atoms with Crippen LogP contribution in [0.15, 0.2) is 73.3 Å². The maximum atomic E-state index is 13.2. The molecule has 3 aromatic carbocycles. The molecule has 0 unspecified atom stereocenters.